The topological polar surface area (TPSA) is 196 Å². The fourth-order valence-corrected chi connectivity index (χ4v) is 3.79. The summed E-state index contributed by atoms with van der Waals surface area (Å²) in [6.07, 6.45) is 4.59. The van der Waals surface area contributed by atoms with Crippen LogP contribution in [-0.4, -0.2) is 55.5 Å². The van der Waals surface area contributed by atoms with Crippen LogP contribution in [0.4, 0.5) is 11.4 Å². The molecule has 0 saturated carbocycles. The summed E-state index contributed by atoms with van der Waals surface area (Å²) < 4.78 is 0. The predicted octanol–water partition coefficient (Wildman–Crippen LogP) is 1.83. The predicted molar refractivity (Wildman–Crippen MR) is 136 cm³/mol. The lowest BCUT2D eigenvalue weighted by Gasteiger charge is -2.23. The van der Waals surface area contributed by atoms with Crippen LogP contribution in [-0.2, 0) is 16.1 Å². The molecule has 0 aliphatic carbocycles. The zero-order valence-electron chi connectivity index (χ0n) is 20.1. The zero-order chi connectivity index (χ0) is 28.0. The van der Waals surface area contributed by atoms with Crippen LogP contribution in [0.5, 0.6) is 0 Å². The van der Waals surface area contributed by atoms with Crippen molar-refractivity contribution in [2.45, 2.75) is 32.4 Å². The maximum absolute atomic E-state index is 12.7. The van der Waals surface area contributed by atoms with Crippen LogP contribution < -0.4 is 15.8 Å². The minimum atomic E-state index is -1.55. The maximum atomic E-state index is 12.7. The van der Waals surface area contributed by atoms with Crippen molar-refractivity contribution in [1.82, 2.24) is 15.3 Å². The zero-order valence-corrected chi connectivity index (χ0v) is 20.1. The van der Waals surface area contributed by atoms with Gasteiger partial charge in [-0.2, -0.15) is 0 Å². The van der Waals surface area contributed by atoms with Crippen LogP contribution in [0.25, 0.3) is 10.9 Å². The number of fused-ring (bicyclic) bond motifs is 1. The second-order valence-corrected chi connectivity index (χ2v) is 8.32. The van der Waals surface area contributed by atoms with Gasteiger partial charge in [-0.3, -0.25) is 24.5 Å². The van der Waals surface area contributed by atoms with E-state index in [-0.39, 0.29) is 18.6 Å². The van der Waals surface area contributed by atoms with Crippen LogP contribution in [0, 0.1) is 29.4 Å². The van der Waals surface area contributed by atoms with Crippen LogP contribution >= 0.6 is 0 Å². The van der Waals surface area contributed by atoms with Crippen LogP contribution in [0.1, 0.15) is 34.6 Å². The number of benzene rings is 2. The normalized spacial score (nSPS) is 11.4. The number of nitro groups is 1. The van der Waals surface area contributed by atoms with E-state index in [2.05, 4.69) is 21.2 Å². The molecule has 196 valence electrons. The van der Waals surface area contributed by atoms with Crippen molar-refractivity contribution in [3.8, 4) is 12.3 Å². The van der Waals surface area contributed by atoms with E-state index in [4.69, 9.17) is 11.5 Å². The Morgan fingerprint density at radius 3 is 2.61 bits per heavy atom. The first-order valence-electron chi connectivity index (χ1n) is 11.2. The molecule has 0 spiro atoms. The first-order chi connectivity index (χ1) is 18.0. The van der Waals surface area contributed by atoms with Gasteiger partial charge >= 0.3 is 11.9 Å². The number of nitrogens with zero attached hydrogens (tertiary/aromatic N) is 3. The van der Waals surface area contributed by atoms with Crippen molar-refractivity contribution >= 4 is 40.1 Å². The third-order valence-corrected chi connectivity index (χ3v) is 5.58. The molecule has 4 N–H and O–H groups in total. The number of hydrogen-bond donors (Lipinski definition) is 4. The number of carbonyl (C=O) groups excluding carboxylic acids is 1. The number of anilines is 1. The van der Waals surface area contributed by atoms with Gasteiger partial charge in [0.05, 0.1) is 22.4 Å². The van der Waals surface area contributed by atoms with Gasteiger partial charge in [-0.1, -0.05) is 12.0 Å². The SMILES string of the molecule is C#CCN(Cc1ccc2nc(C)[nH]c(=O)c2c1)c1ccc(C(=O)NC(CCC(=O)O)C(=O)O)c([N+](=O)[O-])c1. The van der Waals surface area contributed by atoms with E-state index in [0.29, 0.717) is 28.0 Å². The van der Waals surface area contributed by atoms with Crippen molar-refractivity contribution in [3.05, 3.63) is 73.8 Å². The lowest BCUT2D eigenvalue weighted by atomic mass is 10.1. The number of amides is 1. The number of terminal acetylenes is 1. The number of aliphatic carboxylic acids is 2. The number of aromatic amines is 1. The van der Waals surface area contributed by atoms with Crippen LogP contribution in [0.15, 0.2) is 41.2 Å². The molecule has 1 atom stereocenters. The molecule has 0 fully saturated rings. The minimum Gasteiger partial charge on any atom is -0.481 e. The number of carbonyl (C=O) groups is 3. The van der Waals surface area contributed by atoms with Crippen LogP contribution in [0.3, 0.4) is 0 Å². The highest BCUT2D eigenvalue weighted by Crippen LogP contribution is 2.27. The summed E-state index contributed by atoms with van der Waals surface area (Å²) in [4.78, 5) is 66.7. The number of aryl methyl sites for hydroxylation is 1. The summed E-state index contributed by atoms with van der Waals surface area (Å²) in [5.74, 6) is -0.824. The molecule has 0 saturated heterocycles. The average Bonchev–Trinajstić information content (AvgIpc) is 2.85. The van der Waals surface area contributed by atoms with Crippen molar-refractivity contribution in [1.29, 1.82) is 0 Å². The quantitative estimate of drug-likeness (QED) is 0.164. The molecule has 1 heterocycles. The van der Waals surface area contributed by atoms with Gasteiger partial charge in [-0.15, -0.1) is 6.42 Å². The molecule has 38 heavy (non-hydrogen) atoms. The van der Waals surface area contributed by atoms with Gasteiger partial charge in [-0.25, -0.2) is 9.78 Å². The highest BCUT2D eigenvalue weighted by Gasteiger charge is 2.27. The lowest BCUT2D eigenvalue weighted by molar-refractivity contribution is -0.385. The molecule has 13 nitrogen and oxygen atoms in total. The van der Waals surface area contributed by atoms with Gasteiger partial charge in [0.2, 0.25) is 0 Å². The smallest absolute Gasteiger partial charge is 0.326 e. The Morgan fingerprint density at radius 2 is 1.97 bits per heavy atom. The molecule has 13 heteroatoms. The first-order valence-corrected chi connectivity index (χ1v) is 11.2. The fourth-order valence-electron chi connectivity index (χ4n) is 3.79. The van der Waals surface area contributed by atoms with E-state index in [1.165, 1.54) is 12.1 Å². The second kappa shape index (κ2) is 11.7. The number of hydrogen-bond acceptors (Lipinski definition) is 8. The summed E-state index contributed by atoms with van der Waals surface area (Å²) in [7, 11) is 0. The van der Waals surface area contributed by atoms with Gasteiger partial charge in [0.15, 0.2) is 0 Å². The summed E-state index contributed by atoms with van der Waals surface area (Å²) in [6.45, 7) is 1.88. The van der Waals surface area contributed by atoms with Crippen molar-refractivity contribution in [3.63, 3.8) is 0 Å². The molecule has 0 aliphatic rings. The molecular formula is C25H23N5O8. The molecule has 1 amide bonds. The van der Waals surface area contributed by atoms with Gasteiger partial charge in [0.25, 0.3) is 17.2 Å². The molecule has 0 bridgehead atoms. The van der Waals surface area contributed by atoms with Crippen molar-refractivity contribution < 1.29 is 29.5 Å². The largest absolute Gasteiger partial charge is 0.481 e. The van der Waals surface area contributed by atoms with Crippen molar-refractivity contribution in [2.75, 3.05) is 11.4 Å². The number of carboxylic acid groups (broad SMARTS) is 2. The Bertz CT molecular complexity index is 1520. The maximum Gasteiger partial charge on any atom is 0.326 e. The Morgan fingerprint density at radius 1 is 1.24 bits per heavy atom. The van der Waals surface area contributed by atoms with E-state index in [0.717, 1.165) is 6.07 Å². The summed E-state index contributed by atoms with van der Waals surface area (Å²) in [5.41, 5.74) is 0.178. The average molecular weight is 521 g/mol. The Hall–Kier alpha value is -5.25. The number of aromatic nitrogens is 2. The minimum absolute atomic E-state index is 0.0412. The molecule has 2 aromatic carbocycles. The van der Waals surface area contributed by atoms with Gasteiger partial charge < -0.3 is 25.4 Å². The Labute approximate surface area is 215 Å². The Kier molecular flexibility index (Phi) is 8.39. The van der Waals surface area contributed by atoms with Crippen LogP contribution in [0.2, 0.25) is 0 Å². The molecule has 1 aromatic heterocycles. The standard InChI is InChI=1S/C25H23N5O8/c1-3-10-29(13-15-4-7-19-18(11-15)24(34)27-14(2)26-19)16-5-6-17(21(12-16)30(37)38)23(33)28-20(25(35)36)8-9-22(31)32/h1,4-7,11-12,20H,8-10,13H2,2H3,(H,28,33)(H,31,32)(H,35,36)(H,26,27,34). The lowest BCUT2D eigenvalue weighted by Crippen LogP contribution is -2.41. The number of H-pyrrole nitrogens is 1. The van der Waals surface area contributed by atoms with E-state index in [1.54, 1.807) is 30.0 Å². The summed E-state index contributed by atoms with van der Waals surface area (Å²) in [6, 6.07) is 7.24. The number of carboxylic acids is 2. The van der Waals surface area contributed by atoms with Crippen molar-refractivity contribution in [2.24, 2.45) is 0 Å². The third kappa shape index (κ3) is 6.49. The number of nitrogens with one attached hydrogen (secondary N) is 2. The second-order valence-electron chi connectivity index (χ2n) is 8.32. The summed E-state index contributed by atoms with van der Waals surface area (Å²) >= 11 is 0. The van der Waals surface area contributed by atoms with E-state index in [1.807, 2.05) is 0 Å². The van der Waals surface area contributed by atoms with Gasteiger partial charge in [-0.05, 0) is 43.2 Å². The highest BCUT2D eigenvalue weighted by molar-refractivity contribution is 6.00. The third-order valence-electron chi connectivity index (χ3n) is 5.58. The molecule has 3 aromatic rings. The Balaban J connectivity index is 1.92. The van der Waals surface area contributed by atoms with E-state index < -0.39 is 52.9 Å². The monoisotopic (exact) mass is 521 g/mol. The highest BCUT2D eigenvalue weighted by atomic mass is 16.6. The molecule has 1 unspecified atom stereocenters. The number of nitro benzene ring substituents is 1. The number of rotatable bonds is 11. The van der Waals surface area contributed by atoms with Gasteiger partial charge in [0, 0.05) is 24.7 Å². The molecule has 0 radical (unpaired) electrons. The fraction of sp³-hybridized carbons (Fsp3) is 0.240. The van der Waals surface area contributed by atoms with E-state index in [9.17, 15) is 34.4 Å². The summed E-state index contributed by atoms with van der Waals surface area (Å²) in [5, 5.41) is 32.4. The first kappa shape index (κ1) is 27.3. The molecular weight excluding hydrogens is 498 g/mol. The van der Waals surface area contributed by atoms with Gasteiger partial charge in [0.1, 0.15) is 17.4 Å². The van der Waals surface area contributed by atoms with E-state index >= 15 is 0 Å². The molecule has 0 aliphatic heterocycles. The molecule has 3 rings (SSSR count).